The SMILES string of the molecule is Cc1cc(-c2ccccc2)ncc1CCc1cc(CCc2cnc(-c3ccccc3)cc2C)cc(-c2ccccc2-c2ccc(-c3cccc(-c4ccc(-c5ccccc5)cc4)c3)nc2)c1. The molecule has 0 aliphatic heterocycles. The summed E-state index contributed by atoms with van der Waals surface area (Å²) < 4.78 is 0. The third kappa shape index (κ3) is 9.57. The highest BCUT2D eigenvalue weighted by Gasteiger charge is 2.14. The number of pyridine rings is 3. The Kier molecular flexibility index (Phi) is 12.3. The quantitative estimate of drug-likeness (QED) is 0.116. The molecule has 0 aliphatic rings. The molecule has 0 N–H and O–H groups in total. The van der Waals surface area contributed by atoms with Gasteiger partial charge in [-0.25, -0.2) is 0 Å². The molecule has 3 heterocycles. The van der Waals surface area contributed by atoms with Gasteiger partial charge in [-0.2, -0.15) is 0 Å². The minimum atomic E-state index is 0.911. The van der Waals surface area contributed by atoms with Crippen LogP contribution in [-0.2, 0) is 25.7 Å². The van der Waals surface area contributed by atoms with Crippen LogP contribution in [0.2, 0.25) is 0 Å². The second-order valence-electron chi connectivity index (χ2n) is 17.3. The van der Waals surface area contributed by atoms with Crippen LogP contribution in [0.15, 0.2) is 225 Å². The molecule has 3 aromatic heterocycles. The molecule has 0 unspecified atom stereocenters. The number of benzene rings is 7. The molecular formula is C63H51N3. The van der Waals surface area contributed by atoms with Gasteiger partial charge in [-0.1, -0.05) is 182 Å². The van der Waals surface area contributed by atoms with Gasteiger partial charge in [0.25, 0.3) is 0 Å². The Hall–Kier alpha value is -8.01. The van der Waals surface area contributed by atoms with E-state index in [9.17, 15) is 0 Å². The Morgan fingerprint density at radius 1 is 0.273 bits per heavy atom. The van der Waals surface area contributed by atoms with E-state index >= 15 is 0 Å². The summed E-state index contributed by atoms with van der Waals surface area (Å²) in [6.07, 6.45) is 9.82. The van der Waals surface area contributed by atoms with Gasteiger partial charge in [0, 0.05) is 40.8 Å². The third-order valence-electron chi connectivity index (χ3n) is 12.8. The zero-order valence-electron chi connectivity index (χ0n) is 37.5. The third-order valence-corrected chi connectivity index (χ3v) is 12.8. The molecule has 10 aromatic rings. The van der Waals surface area contributed by atoms with Crippen molar-refractivity contribution >= 4 is 0 Å². The first kappa shape index (κ1) is 42.0. The summed E-state index contributed by atoms with van der Waals surface area (Å²) >= 11 is 0. The van der Waals surface area contributed by atoms with Crippen molar-refractivity contribution in [1.82, 2.24) is 15.0 Å². The van der Waals surface area contributed by atoms with Crippen LogP contribution in [0.25, 0.3) is 78.3 Å². The Morgan fingerprint density at radius 3 is 1.21 bits per heavy atom. The lowest BCUT2D eigenvalue weighted by Gasteiger charge is -2.15. The predicted molar refractivity (Wildman–Crippen MR) is 275 cm³/mol. The minimum absolute atomic E-state index is 0.911. The Labute approximate surface area is 389 Å². The summed E-state index contributed by atoms with van der Waals surface area (Å²) in [5.41, 5.74) is 23.6. The average molecular weight is 850 g/mol. The van der Waals surface area contributed by atoms with Crippen LogP contribution in [0.4, 0.5) is 0 Å². The van der Waals surface area contributed by atoms with Gasteiger partial charge in [0.05, 0.1) is 17.1 Å². The zero-order valence-corrected chi connectivity index (χ0v) is 37.5. The minimum Gasteiger partial charge on any atom is -0.256 e. The van der Waals surface area contributed by atoms with Crippen LogP contribution in [-0.4, -0.2) is 15.0 Å². The van der Waals surface area contributed by atoms with Crippen molar-refractivity contribution in [3.8, 4) is 78.3 Å². The van der Waals surface area contributed by atoms with E-state index in [1.54, 1.807) is 0 Å². The van der Waals surface area contributed by atoms with Crippen molar-refractivity contribution in [1.29, 1.82) is 0 Å². The molecule has 0 atom stereocenters. The highest BCUT2D eigenvalue weighted by molar-refractivity contribution is 5.84. The fourth-order valence-electron chi connectivity index (χ4n) is 9.04. The van der Waals surface area contributed by atoms with Crippen LogP contribution >= 0.6 is 0 Å². The van der Waals surface area contributed by atoms with E-state index in [4.69, 9.17) is 15.0 Å². The molecule has 66 heavy (non-hydrogen) atoms. The summed E-state index contributed by atoms with van der Waals surface area (Å²) in [6, 6.07) is 73.7. The Morgan fingerprint density at radius 2 is 0.697 bits per heavy atom. The maximum atomic E-state index is 5.07. The number of aromatic nitrogens is 3. The molecule has 0 radical (unpaired) electrons. The van der Waals surface area contributed by atoms with Gasteiger partial charge in [0.2, 0.25) is 0 Å². The van der Waals surface area contributed by atoms with E-state index in [1.807, 2.05) is 18.3 Å². The first-order valence-electron chi connectivity index (χ1n) is 23.0. The van der Waals surface area contributed by atoms with Crippen molar-refractivity contribution in [2.24, 2.45) is 0 Å². The summed E-state index contributed by atoms with van der Waals surface area (Å²) in [4.78, 5) is 14.8. The van der Waals surface area contributed by atoms with Gasteiger partial charge in [-0.05, 0) is 136 Å². The van der Waals surface area contributed by atoms with Gasteiger partial charge in [-0.3, -0.25) is 15.0 Å². The number of rotatable bonds is 13. The largest absolute Gasteiger partial charge is 0.256 e. The summed E-state index contributed by atoms with van der Waals surface area (Å²) in [6.45, 7) is 4.42. The zero-order chi connectivity index (χ0) is 44.7. The van der Waals surface area contributed by atoms with Crippen LogP contribution in [0.5, 0.6) is 0 Å². The second-order valence-corrected chi connectivity index (χ2v) is 17.3. The smallest absolute Gasteiger partial charge is 0.0704 e. The fourth-order valence-corrected chi connectivity index (χ4v) is 9.04. The second kappa shape index (κ2) is 19.4. The Balaban J connectivity index is 0.928. The van der Waals surface area contributed by atoms with E-state index in [1.165, 1.54) is 72.3 Å². The fraction of sp³-hybridized carbons (Fsp3) is 0.0952. The van der Waals surface area contributed by atoms with Gasteiger partial charge in [-0.15, -0.1) is 0 Å². The maximum absolute atomic E-state index is 5.07. The predicted octanol–water partition coefficient (Wildman–Crippen LogP) is 15.7. The molecule has 0 bridgehead atoms. The van der Waals surface area contributed by atoms with Crippen molar-refractivity contribution in [3.05, 3.63) is 258 Å². The normalized spacial score (nSPS) is 11.1. The molecule has 0 fully saturated rings. The van der Waals surface area contributed by atoms with Crippen LogP contribution in [0.3, 0.4) is 0 Å². The summed E-state index contributed by atoms with van der Waals surface area (Å²) in [7, 11) is 0. The van der Waals surface area contributed by atoms with E-state index in [0.29, 0.717) is 0 Å². The topological polar surface area (TPSA) is 38.7 Å². The van der Waals surface area contributed by atoms with E-state index in [2.05, 4.69) is 220 Å². The highest BCUT2D eigenvalue weighted by atomic mass is 14.7. The number of hydrogen-bond acceptors (Lipinski definition) is 3. The van der Waals surface area contributed by atoms with Gasteiger partial charge in [0.15, 0.2) is 0 Å². The lowest BCUT2D eigenvalue weighted by atomic mass is 9.90. The molecule has 3 nitrogen and oxygen atoms in total. The van der Waals surface area contributed by atoms with Crippen LogP contribution in [0, 0.1) is 13.8 Å². The summed E-state index contributed by atoms with van der Waals surface area (Å²) in [5.74, 6) is 0. The molecular weight excluding hydrogens is 799 g/mol. The standard InChI is InChI=1S/C63H51N3/c1-44-35-62(51-17-8-4-9-18-51)65-41-55(44)27-25-46-37-47(26-28-56-42-66-63(36-45(56)2)52-19-10-5-11-20-52)39-58(38-46)60-24-13-12-23-59(60)57-33-34-61(64-43-57)54-22-14-21-53(40-54)50-31-29-49(30-32-50)48-15-6-3-7-16-48/h3-24,29-43H,25-28H2,1-2H3. The van der Waals surface area contributed by atoms with Gasteiger partial charge in [0.1, 0.15) is 0 Å². The van der Waals surface area contributed by atoms with Crippen molar-refractivity contribution in [2.75, 3.05) is 0 Å². The first-order chi connectivity index (χ1) is 32.5. The highest BCUT2D eigenvalue weighted by Crippen LogP contribution is 2.35. The number of hydrogen-bond donors (Lipinski definition) is 0. The Bertz CT molecular complexity index is 3120. The number of aryl methyl sites for hydroxylation is 6. The molecule has 3 heteroatoms. The lowest BCUT2D eigenvalue weighted by Crippen LogP contribution is -2.00. The van der Waals surface area contributed by atoms with E-state index in [0.717, 1.165) is 65.0 Å². The molecule has 0 amide bonds. The van der Waals surface area contributed by atoms with Crippen LogP contribution in [0.1, 0.15) is 33.4 Å². The van der Waals surface area contributed by atoms with Crippen LogP contribution < -0.4 is 0 Å². The monoisotopic (exact) mass is 849 g/mol. The molecule has 318 valence electrons. The van der Waals surface area contributed by atoms with Gasteiger partial charge < -0.3 is 0 Å². The van der Waals surface area contributed by atoms with E-state index in [-0.39, 0.29) is 0 Å². The molecule has 0 spiro atoms. The van der Waals surface area contributed by atoms with Crippen molar-refractivity contribution in [3.63, 3.8) is 0 Å². The molecule has 0 saturated heterocycles. The number of nitrogens with zero attached hydrogens (tertiary/aromatic N) is 3. The lowest BCUT2D eigenvalue weighted by molar-refractivity contribution is 0.913. The van der Waals surface area contributed by atoms with E-state index < -0.39 is 0 Å². The summed E-state index contributed by atoms with van der Waals surface area (Å²) in [5, 5.41) is 0. The molecule has 0 aliphatic carbocycles. The molecule has 10 rings (SSSR count). The molecule has 0 saturated carbocycles. The van der Waals surface area contributed by atoms with Crippen molar-refractivity contribution < 1.29 is 0 Å². The first-order valence-corrected chi connectivity index (χ1v) is 23.0. The molecule has 7 aromatic carbocycles. The average Bonchev–Trinajstić information content (AvgIpc) is 3.39. The van der Waals surface area contributed by atoms with Gasteiger partial charge >= 0.3 is 0 Å². The maximum Gasteiger partial charge on any atom is 0.0704 e. The van der Waals surface area contributed by atoms with Crippen molar-refractivity contribution in [2.45, 2.75) is 39.5 Å².